The predicted octanol–water partition coefficient (Wildman–Crippen LogP) is 2.94. The van der Waals surface area contributed by atoms with Gasteiger partial charge in [0.05, 0.1) is 30.4 Å². The van der Waals surface area contributed by atoms with Crippen LogP contribution in [0.25, 0.3) is 11.0 Å². The maximum Gasteiger partial charge on any atom is 0.166 e. The van der Waals surface area contributed by atoms with Crippen molar-refractivity contribution in [1.82, 2.24) is 15.0 Å². The minimum atomic E-state index is -0.00566. The third kappa shape index (κ3) is 3.63. The van der Waals surface area contributed by atoms with Gasteiger partial charge in [0.25, 0.3) is 0 Å². The zero-order valence-corrected chi connectivity index (χ0v) is 14.4. The van der Waals surface area contributed by atoms with E-state index in [0.717, 1.165) is 38.9 Å². The van der Waals surface area contributed by atoms with E-state index in [-0.39, 0.29) is 13.2 Å². The zero-order valence-electron chi connectivity index (χ0n) is 13.6. The Hall–Kier alpha value is -2.25. The highest BCUT2D eigenvalue weighted by molar-refractivity contribution is 7.98. The largest absolute Gasteiger partial charge is 0.497 e. The first kappa shape index (κ1) is 16.6. The van der Waals surface area contributed by atoms with Crippen molar-refractivity contribution in [1.29, 1.82) is 0 Å². The number of nitrogens with zero attached hydrogens (tertiary/aromatic N) is 2. The van der Waals surface area contributed by atoms with Crippen LogP contribution >= 0.6 is 11.8 Å². The minimum absolute atomic E-state index is 0.00566. The molecule has 0 aliphatic rings. The molecule has 0 bridgehead atoms. The number of methoxy groups -OCH3 is 1. The lowest BCUT2D eigenvalue weighted by atomic mass is 10.2. The number of nitrogens with one attached hydrogen (secondary N) is 1. The standard InChI is InChI=1S/C17H19N3O3S/c1-11-15(18-6-5-16(11)23-8-7-21)10-24-17-19-13-4-3-12(22-2)9-14(13)20-17/h3-6,9,21H,7-8,10H2,1-2H3,(H,19,20). The number of hydrogen-bond acceptors (Lipinski definition) is 6. The normalized spacial score (nSPS) is 11.0. The lowest BCUT2D eigenvalue weighted by molar-refractivity contribution is 0.200. The van der Waals surface area contributed by atoms with Crippen LogP contribution in [0.1, 0.15) is 11.3 Å². The Morgan fingerprint density at radius 1 is 1.29 bits per heavy atom. The van der Waals surface area contributed by atoms with Crippen molar-refractivity contribution < 1.29 is 14.6 Å². The molecular formula is C17H19N3O3S. The van der Waals surface area contributed by atoms with Gasteiger partial charge in [0.2, 0.25) is 0 Å². The molecular weight excluding hydrogens is 326 g/mol. The second kappa shape index (κ2) is 7.55. The molecule has 0 fully saturated rings. The number of imidazole rings is 1. The van der Waals surface area contributed by atoms with E-state index in [2.05, 4.69) is 15.0 Å². The van der Waals surface area contributed by atoms with Gasteiger partial charge in [-0.1, -0.05) is 11.8 Å². The molecule has 0 saturated carbocycles. The van der Waals surface area contributed by atoms with Gasteiger partial charge in [-0.05, 0) is 25.1 Å². The van der Waals surface area contributed by atoms with Crippen LogP contribution in [0.4, 0.5) is 0 Å². The summed E-state index contributed by atoms with van der Waals surface area (Å²) in [6, 6.07) is 7.58. The summed E-state index contributed by atoms with van der Waals surface area (Å²) in [5.74, 6) is 2.22. The number of aliphatic hydroxyl groups excluding tert-OH is 1. The van der Waals surface area contributed by atoms with Crippen molar-refractivity contribution in [2.24, 2.45) is 0 Å². The first-order valence-electron chi connectivity index (χ1n) is 7.56. The third-order valence-electron chi connectivity index (χ3n) is 3.62. The van der Waals surface area contributed by atoms with Crippen molar-refractivity contribution >= 4 is 22.8 Å². The van der Waals surface area contributed by atoms with E-state index in [1.54, 1.807) is 25.1 Å². The summed E-state index contributed by atoms with van der Waals surface area (Å²) in [7, 11) is 1.64. The molecule has 0 radical (unpaired) electrons. The molecule has 3 aromatic rings. The molecule has 0 atom stereocenters. The molecule has 0 amide bonds. The van der Waals surface area contributed by atoms with Crippen LogP contribution in [0, 0.1) is 6.92 Å². The fraction of sp³-hybridized carbons (Fsp3) is 0.294. The highest BCUT2D eigenvalue weighted by Gasteiger charge is 2.10. The number of rotatable bonds is 7. The smallest absolute Gasteiger partial charge is 0.166 e. The summed E-state index contributed by atoms with van der Waals surface area (Å²) >= 11 is 1.58. The van der Waals surface area contributed by atoms with Crippen LogP contribution in [0.2, 0.25) is 0 Å². The number of aromatic nitrogens is 3. The first-order valence-corrected chi connectivity index (χ1v) is 8.54. The maximum absolute atomic E-state index is 8.88. The van der Waals surface area contributed by atoms with Crippen molar-refractivity contribution in [3.8, 4) is 11.5 Å². The molecule has 0 saturated heterocycles. The van der Waals surface area contributed by atoms with Gasteiger partial charge in [0, 0.05) is 23.6 Å². The fourth-order valence-corrected chi connectivity index (χ4v) is 3.22. The topological polar surface area (TPSA) is 80.3 Å². The molecule has 2 N–H and O–H groups in total. The van der Waals surface area contributed by atoms with Crippen molar-refractivity contribution in [3.05, 3.63) is 41.7 Å². The van der Waals surface area contributed by atoms with Crippen LogP contribution < -0.4 is 9.47 Å². The Labute approximate surface area is 144 Å². The van der Waals surface area contributed by atoms with Gasteiger partial charge < -0.3 is 19.6 Å². The Balaban J connectivity index is 1.73. The van der Waals surface area contributed by atoms with Gasteiger partial charge >= 0.3 is 0 Å². The van der Waals surface area contributed by atoms with Crippen LogP contribution in [0.5, 0.6) is 11.5 Å². The van der Waals surface area contributed by atoms with Crippen LogP contribution in [-0.4, -0.2) is 40.4 Å². The predicted molar refractivity (Wildman–Crippen MR) is 93.8 cm³/mol. The number of thioether (sulfide) groups is 1. The highest BCUT2D eigenvalue weighted by Crippen LogP contribution is 2.28. The molecule has 0 aliphatic carbocycles. The van der Waals surface area contributed by atoms with Gasteiger partial charge in [0.1, 0.15) is 18.1 Å². The summed E-state index contributed by atoms with van der Waals surface area (Å²) in [5, 5.41) is 9.71. The monoisotopic (exact) mass is 345 g/mol. The van der Waals surface area contributed by atoms with E-state index in [1.165, 1.54) is 0 Å². The number of ether oxygens (including phenoxy) is 2. The number of H-pyrrole nitrogens is 1. The van der Waals surface area contributed by atoms with Crippen LogP contribution in [-0.2, 0) is 5.75 Å². The number of aromatic amines is 1. The molecule has 7 heteroatoms. The lowest BCUT2D eigenvalue weighted by Gasteiger charge is -2.10. The average Bonchev–Trinajstić information content (AvgIpc) is 3.01. The highest BCUT2D eigenvalue weighted by atomic mass is 32.2. The third-order valence-corrected chi connectivity index (χ3v) is 4.51. The summed E-state index contributed by atoms with van der Waals surface area (Å²) in [4.78, 5) is 12.3. The van der Waals surface area contributed by atoms with E-state index in [9.17, 15) is 0 Å². The average molecular weight is 345 g/mol. The minimum Gasteiger partial charge on any atom is -0.497 e. The molecule has 24 heavy (non-hydrogen) atoms. The number of hydrogen-bond donors (Lipinski definition) is 2. The molecule has 6 nitrogen and oxygen atoms in total. The maximum atomic E-state index is 8.88. The Morgan fingerprint density at radius 3 is 2.96 bits per heavy atom. The SMILES string of the molecule is COc1ccc2[nH]c(SCc3nccc(OCCO)c3C)nc2c1. The summed E-state index contributed by atoms with van der Waals surface area (Å²) in [6.07, 6.45) is 1.72. The molecule has 2 aromatic heterocycles. The van der Waals surface area contributed by atoms with Gasteiger partial charge in [0.15, 0.2) is 5.16 Å². The van der Waals surface area contributed by atoms with Gasteiger partial charge in [-0.15, -0.1) is 0 Å². The Kier molecular flexibility index (Phi) is 5.22. The van der Waals surface area contributed by atoms with E-state index >= 15 is 0 Å². The van der Waals surface area contributed by atoms with Gasteiger partial charge in [-0.2, -0.15) is 0 Å². The molecule has 0 unspecified atom stereocenters. The lowest BCUT2D eigenvalue weighted by Crippen LogP contribution is -2.04. The van der Waals surface area contributed by atoms with Crippen LogP contribution in [0.15, 0.2) is 35.6 Å². The fourth-order valence-electron chi connectivity index (χ4n) is 2.31. The molecule has 1 aromatic carbocycles. The van der Waals surface area contributed by atoms with Crippen molar-refractivity contribution in [3.63, 3.8) is 0 Å². The number of fused-ring (bicyclic) bond motifs is 1. The van der Waals surface area contributed by atoms with E-state index in [4.69, 9.17) is 14.6 Å². The number of benzene rings is 1. The molecule has 0 aliphatic heterocycles. The zero-order chi connectivity index (χ0) is 16.9. The second-order valence-corrected chi connectivity index (χ2v) is 6.13. The Morgan fingerprint density at radius 2 is 2.17 bits per heavy atom. The van der Waals surface area contributed by atoms with E-state index in [1.807, 2.05) is 31.2 Å². The molecule has 0 spiro atoms. The molecule has 3 rings (SSSR count). The van der Waals surface area contributed by atoms with Gasteiger partial charge in [-0.25, -0.2) is 4.98 Å². The number of pyridine rings is 1. The van der Waals surface area contributed by atoms with Crippen molar-refractivity contribution in [2.45, 2.75) is 17.8 Å². The summed E-state index contributed by atoms with van der Waals surface area (Å²) < 4.78 is 10.7. The van der Waals surface area contributed by atoms with E-state index < -0.39 is 0 Å². The molecule has 126 valence electrons. The van der Waals surface area contributed by atoms with E-state index in [0.29, 0.717) is 5.75 Å². The van der Waals surface area contributed by atoms with Gasteiger partial charge in [-0.3, -0.25) is 4.98 Å². The Bertz CT molecular complexity index is 835. The first-order chi connectivity index (χ1) is 11.7. The number of aliphatic hydroxyl groups is 1. The summed E-state index contributed by atoms with van der Waals surface area (Å²) in [6.45, 7) is 2.25. The quantitative estimate of drug-likeness (QED) is 0.641. The van der Waals surface area contributed by atoms with Crippen molar-refractivity contribution in [2.75, 3.05) is 20.3 Å². The molecule has 2 heterocycles. The van der Waals surface area contributed by atoms with Crippen LogP contribution in [0.3, 0.4) is 0 Å². The summed E-state index contributed by atoms with van der Waals surface area (Å²) in [5.41, 5.74) is 3.77. The second-order valence-electron chi connectivity index (χ2n) is 5.17.